The lowest BCUT2D eigenvalue weighted by Crippen LogP contribution is -2.19. The quantitative estimate of drug-likeness (QED) is 0.651. The van der Waals surface area contributed by atoms with Gasteiger partial charge in [0.05, 0.1) is 9.93 Å². The van der Waals surface area contributed by atoms with Crippen molar-refractivity contribution in [2.75, 3.05) is 6.54 Å². The van der Waals surface area contributed by atoms with Gasteiger partial charge in [0.15, 0.2) is 0 Å². The molecule has 1 aromatic carbocycles. The van der Waals surface area contributed by atoms with Crippen LogP contribution in [0.15, 0.2) is 35.8 Å². The predicted molar refractivity (Wildman–Crippen MR) is 75.3 cm³/mol. The molecule has 0 fully saturated rings. The molecule has 2 rings (SSSR count). The minimum absolute atomic E-state index is 0.125. The first kappa shape index (κ1) is 13.6. The summed E-state index contributed by atoms with van der Waals surface area (Å²) in [6, 6.07) is 6.61. The van der Waals surface area contributed by atoms with Crippen LogP contribution in [-0.2, 0) is 6.54 Å². The number of nitro groups is 1. The first-order valence-corrected chi connectivity index (χ1v) is 6.88. The minimum atomic E-state index is -0.387. The Bertz CT molecular complexity index is 525. The van der Waals surface area contributed by atoms with Crippen LogP contribution in [0.3, 0.4) is 0 Å². The number of nitro benzene ring substituents is 1. The molecule has 0 amide bonds. The van der Waals surface area contributed by atoms with E-state index in [1.54, 1.807) is 23.5 Å². The van der Waals surface area contributed by atoms with E-state index in [1.807, 2.05) is 11.6 Å². The number of nitrogens with zero attached hydrogens (tertiary/aromatic N) is 2. The predicted octanol–water partition coefficient (Wildman–Crippen LogP) is 2.94. The third kappa shape index (κ3) is 3.84. The Morgan fingerprint density at radius 3 is 2.74 bits per heavy atom. The van der Waals surface area contributed by atoms with Crippen LogP contribution < -0.4 is 5.32 Å². The number of nitrogens with one attached hydrogen (secondary N) is 1. The molecule has 0 saturated carbocycles. The average molecular weight is 277 g/mol. The lowest BCUT2D eigenvalue weighted by molar-refractivity contribution is -0.384. The van der Waals surface area contributed by atoms with Crippen LogP contribution in [0.4, 0.5) is 5.69 Å². The van der Waals surface area contributed by atoms with E-state index >= 15 is 0 Å². The van der Waals surface area contributed by atoms with Gasteiger partial charge in [0.25, 0.3) is 5.69 Å². The van der Waals surface area contributed by atoms with E-state index in [0.717, 1.165) is 17.1 Å². The summed E-state index contributed by atoms with van der Waals surface area (Å²) in [4.78, 5) is 14.4. The lowest BCUT2D eigenvalue weighted by Gasteiger charge is -2.09. The Hall–Kier alpha value is -1.79. The van der Waals surface area contributed by atoms with Crippen LogP contribution in [0.5, 0.6) is 0 Å². The molecule has 0 saturated heterocycles. The zero-order chi connectivity index (χ0) is 13.7. The van der Waals surface area contributed by atoms with Crippen molar-refractivity contribution < 1.29 is 4.92 Å². The van der Waals surface area contributed by atoms with Gasteiger partial charge in [-0.2, -0.15) is 0 Å². The van der Waals surface area contributed by atoms with Crippen LogP contribution in [0.1, 0.15) is 23.4 Å². The molecule has 0 bridgehead atoms. The Kier molecular flexibility index (Phi) is 4.59. The molecule has 0 aliphatic heterocycles. The van der Waals surface area contributed by atoms with Crippen molar-refractivity contribution in [1.29, 1.82) is 0 Å². The molecule has 0 aliphatic rings. The van der Waals surface area contributed by atoms with E-state index in [4.69, 9.17) is 0 Å². The van der Waals surface area contributed by atoms with Gasteiger partial charge in [-0.25, -0.2) is 4.98 Å². The second-order valence-corrected chi connectivity index (χ2v) is 5.25. The number of aromatic nitrogens is 1. The second kappa shape index (κ2) is 6.40. The fourth-order valence-electron chi connectivity index (χ4n) is 1.73. The van der Waals surface area contributed by atoms with Crippen molar-refractivity contribution in [3.8, 4) is 0 Å². The van der Waals surface area contributed by atoms with Crippen LogP contribution in [0.2, 0.25) is 0 Å². The van der Waals surface area contributed by atoms with Crippen molar-refractivity contribution in [2.45, 2.75) is 19.4 Å². The van der Waals surface area contributed by atoms with Gasteiger partial charge in [0.2, 0.25) is 0 Å². The number of non-ortho nitro benzene ring substituents is 1. The first-order chi connectivity index (χ1) is 9.16. The molecule has 0 spiro atoms. The Balaban J connectivity index is 1.81. The van der Waals surface area contributed by atoms with Crippen LogP contribution >= 0.6 is 11.3 Å². The Morgan fingerprint density at radius 2 is 2.16 bits per heavy atom. The Morgan fingerprint density at radius 1 is 1.42 bits per heavy atom. The van der Waals surface area contributed by atoms with Crippen LogP contribution in [-0.4, -0.2) is 16.5 Å². The molecule has 19 heavy (non-hydrogen) atoms. The number of rotatable bonds is 6. The molecule has 1 N–H and O–H groups in total. The van der Waals surface area contributed by atoms with Crippen LogP contribution in [0.25, 0.3) is 0 Å². The third-order valence-electron chi connectivity index (χ3n) is 2.80. The monoisotopic (exact) mass is 277 g/mol. The van der Waals surface area contributed by atoms with Crippen molar-refractivity contribution >= 4 is 17.0 Å². The van der Waals surface area contributed by atoms with Gasteiger partial charge in [-0.3, -0.25) is 10.1 Å². The van der Waals surface area contributed by atoms with Crippen molar-refractivity contribution in [3.63, 3.8) is 0 Å². The highest BCUT2D eigenvalue weighted by Gasteiger charge is 2.08. The molecule has 1 unspecified atom stereocenters. The van der Waals surface area contributed by atoms with Gasteiger partial charge in [-0.1, -0.05) is 19.1 Å². The van der Waals surface area contributed by atoms with E-state index < -0.39 is 0 Å². The molecule has 0 aliphatic carbocycles. The standard InChI is InChI=1S/C13H15N3O2S/c1-10(13-15-6-7-19-13)8-14-9-11-2-4-12(5-3-11)16(17)18/h2-7,10,14H,8-9H2,1H3. The normalized spacial score (nSPS) is 12.3. The van der Waals surface area contributed by atoms with E-state index in [-0.39, 0.29) is 10.6 Å². The molecule has 1 atom stereocenters. The number of hydrogen-bond acceptors (Lipinski definition) is 5. The summed E-state index contributed by atoms with van der Waals surface area (Å²) < 4.78 is 0. The molecule has 5 nitrogen and oxygen atoms in total. The lowest BCUT2D eigenvalue weighted by atomic mass is 10.1. The maximum absolute atomic E-state index is 10.5. The van der Waals surface area contributed by atoms with E-state index in [1.165, 1.54) is 12.1 Å². The van der Waals surface area contributed by atoms with Gasteiger partial charge >= 0.3 is 0 Å². The second-order valence-electron chi connectivity index (χ2n) is 4.33. The summed E-state index contributed by atoms with van der Waals surface area (Å²) in [7, 11) is 0. The SMILES string of the molecule is CC(CNCc1ccc([N+](=O)[O-])cc1)c1nccs1. The molecule has 6 heteroatoms. The molecular weight excluding hydrogens is 262 g/mol. The number of benzene rings is 1. The van der Waals surface area contributed by atoms with Crippen molar-refractivity contribution in [2.24, 2.45) is 0 Å². The molecule has 1 heterocycles. The van der Waals surface area contributed by atoms with E-state index in [2.05, 4.69) is 17.2 Å². The summed E-state index contributed by atoms with van der Waals surface area (Å²) in [6.45, 7) is 3.67. The van der Waals surface area contributed by atoms with Crippen LogP contribution in [0, 0.1) is 10.1 Å². The fraction of sp³-hybridized carbons (Fsp3) is 0.308. The topological polar surface area (TPSA) is 68.1 Å². The average Bonchev–Trinajstić information content (AvgIpc) is 2.93. The zero-order valence-electron chi connectivity index (χ0n) is 10.6. The Labute approximate surface area is 115 Å². The zero-order valence-corrected chi connectivity index (χ0v) is 11.4. The summed E-state index contributed by atoms with van der Waals surface area (Å²) >= 11 is 1.66. The third-order valence-corrected chi connectivity index (χ3v) is 3.81. The van der Waals surface area contributed by atoms with Crippen molar-refractivity contribution in [3.05, 3.63) is 56.5 Å². The summed E-state index contributed by atoms with van der Waals surface area (Å²) in [5, 5.41) is 17.0. The summed E-state index contributed by atoms with van der Waals surface area (Å²) in [6.07, 6.45) is 1.81. The van der Waals surface area contributed by atoms with E-state index in [9.17, 15) is 10.1 Å². The highest BCUT2D eigenvalue weighted by molar-refractivity contribution is 7.09. The maximum atomic E-state index is 10.5. The molecular formula is C13H15N3O2S. The van der Waals surface area contributed by atoms with Gasteiger partial charge in [0.1, 0.15) is 0 Å². The van der Waals surface area contributed by atoms with Crippen molar-refractivity contribution in [1.82, 2.24) is 10.3 Å². The largest absolute Gasteiger partial charge is 0.312 e. The highest BCUT2D eigenvalue weighted by Crippen LogP contribution is 2.17. The summed E-state index contributed by atoms with van der Waals surface area (Å²) in [5.41, 5.74) is 1.16. The number of hydrogen-bond donors (Lipinski definition) is 1. The fourth-order valence-corrected chi connectivity index (χ4v) is 2.43. The van der Waals surface area contributed by atoms with Gasteiger partial charge < -0.3 is 5.32 Å². The van der Waals surface area contributed by atoms with Gasteiger partial charge in [0, 0.05) is 42.7 Å². The minimum Gasteiger partial charge on any atom is -0.312 e. The molecule has 0 radical (unpaired) electrons. The smallest absolute Gasteiger partial charge is 0.269 e. The molecule has 1 aromatic heterocycles. The van der Waals surface area contributed by atoms with Gasteiger partial charge in [-0.15, -0.1) is 11.3 Å². The molecule has 100 valence electrons. The first-order valence-electron chi connectivity index (χ1n) is 6.00. The number of thiazole rings is 1. The maximum Gasteiger partial charge on any atom is 0.269 e. The summed E-state index contributed by atoms with van der Waals surface area (Å²) in [5.74, 6) is 0.373. The van der Waals surface area contributed by atoms with E-state index in [0.29, 0.717) is 12.5 Å². The highest BCUT2D eigenvalue weighted by atomic mass is 32.1. The van der Waals surface area contributed by atoms with Gasteiger partial charge in [-0.05, 0) is 5.56 Å². The molecule has 2 aromatic rings.